The Bertz CT molecular complexity index is 507. The summed E-state index contributed by atoms with van der Waals surface area (Å²) in [6.07, 6.45) is 1.91. The average molecular weight is 244 g/mol. The molecule has 0 aliphatic carbocycles. The normalized spacial score (nSPS) is 10.1. The van der Waals surface area contributed by atoms with Crippen molar-refractivity contribution in [1.29, 1.82) is 0 Å². The van der Waals surface area contributed by atoms with Gasteiger partial charge in [0.25, 0.3) is 0 Å². The molecule has 0 saturated heterocycles. The van der Waals surface area contributed by atoms with Crippen molar-refractivity contribution in [2.24, 2.45) is 0 Å². The zero-order valence-corrected chi connectivity index (χ0v) is 10.3. The Morgan fingerprint density at radius 2 is 2.06 bits per heavy atom. The summed E-state index contributed by atoms with van der Waals surface area (Å²) in [5.41, 5.74) is 2.04. The molecule has 2 amide bonds. The quantitative estimate of drug-likeness (QED) is 0.853. The van der Waals surface area contributed by atoms with Gasteiger partial charge in [0.15, 0.2) is 0 Å². The van der Waals surface area contributed by atoms with Gasteiger partial charge in [0.2, 0.25) is 0 Å². The smallest absolute Gasteiger partial charge is 0.314 e. The molecule has 0 bridgehead atoms. The molecule has 0 aliphatic rings. The summed E-state index contributed by atoms with van der Waals surface area (Å²) in [5.74, 6) is 0. The van der Waals surface area contributed by atoms with Gasteiger partial charge >= 0.3 is 6.03 Å². The molecule has 1 heterocycles. The van der Waals surface area contributed by atoms with Gasteiger partial charge in [-0.25, -0.2) is 4.79 Å². The zero-order valence-electron chi connectivity index (χ0n) is 10.3. The molecule has 18 heavy (non-hydrogen) atoms. The third-order valence-corrected chi connectivity index (χ3v) is 2.54. The van der Waals surface area contributed by atoms with Crippen LogP contribution in [0.4, 0.5) is 4.79 Å². The Labute approximate surface area is 106 Å². The first-order valence-corrected chi connectivity index (χ1v) is 5.80. The lowest BCUT2D eigenvalue weighted by molar-refractivity contribution is 0.242. The molecule has 0 aliphatic heterocycles. The molecule has 0 atom stereocenters. The van der Waals surface area contributed by atoms with Gasteiger partial charge in [0.1, 0.15) is 0 Å². The lowest BCUT2D eigenvalue weighted by Crippen LogP contribution is -2.32. The van der Waals surface area contributed by atoms with Gasteiger partial charge in [-0.2, -0.15) is 5.10 Å². The highest BCUT2D eigenvalue weighted by atomic mass is 16.2. The predicted molar refractivity (Wildman–Crippen MR) is 69.1 cm³/mol. The Hall–Kier alpha value is -2.30. The highest BCUT2D eigenvalue weighted by Gasteiger charge is 2.01. The average Bonchev–Trinajstić information content (AvgIpc) is 2.85. The summed E-state index contributed by atoms with van der Waals surface area (Å²) in [6, 6.07) is 11.8. The lowest BCUT2D eigenvalue weighted by Gasteiger charge is -2.02. The molecule has 0 saturated carbocycles. The Balaban J connectivity index is 1.92. The number of amides is 2. The van der Waals surface area contributed by atoms with Crippen LogP contribution in [0, 0.1) is 0 Å². The molecule has 2 rings (SSSR count). The predicted octanol–water partition coefficient (Wildman–Crippen LogP) is 1.36. The second-order valence-corrected chi connectivity index (χ2v) is 3.92. The molecule has 5 nitrogen and oxygen atoms in total. The van der Waals surface area contributed by atoms with E-state index >= 15 is 0 Å². The van der Waals surface area contributed by atoms with E-state index in [0.29, 0.717) is 6.54 Å². The van der Waals surface area contributed by atoms with Gasteiger partial charge in [-0.3, -0.25) is 4.68 Å². The zero-order chi connectivity index (χ0) is 12.8. The number of carbonyl (C=O) groups is 1. The van der Waals surface area contributed by atoms with E-state index in [-0.39, 0.29) is 6.03 Å². The fourth-order valence-electron chi connectivity index (χ4n) is 1.62. The summed E-state index contributed by atoms with van der Waals surface area (Å²) < 4.78 is 1.86. The number of benzene rings is 1. The monoisotopic (exact) mass is 244 g/mol. The minimum absolute atomic E-state index is 0.201. The number of hydrogen-bond donors (Lipinski definition) is 2. The van der Waals surface area contributed by atoms with Crippen molar-refractivity contribution in [3.8, 4) is 0 Å². The fourth-order valence-corrected chi connectivity index (χ4v) is 1.62. The largest absolute Gasteiger partial charge is 0.341 e. The van der Waals surface area contributed by atoms with Gasteiger partial charge in [-0.15, -0.1) is 0 Å². The van der Waals surface area contributed by atoms with Crippen LogP contribution < -0.4 is 10.6 Å². The molecule has 94 valence electrons. The van der Waals surface area contributed by atoms with Gasteiger partial charge in [-0.1, -0.05) is 30.3 Å². The van der Waals surface area contributed by atoms with Crippen LogP contribution in [-0.4, -0.2) is 22.9 Å². The maximum Gasteiger partial charge on any atom is 0.314 e. The first-order valence-electron chi connectivity index (χ1n) is 5.80. The summed E-state index contributed by atoms with van der Waals surface area (Å²) >= 11 is 0. The van der Waals surface area contributed by atoms with Gasteiger partial charge < -0.3 is 10.6 Å². The minimum atomic E-state index is -0.201. The van der Waals surface area contributed by atoms with Crippen molar-refractivity contribution in [3.05, 3.63) is 53.9 Å². The summed E-state index contributed by atoms with van der Waals surface area (Å²) in [7, 11) is 1.59. The first kappa shape index (κ1) is 12.2. The lowest BCUT2D eigenvalue weighted by atomic mass is 10.2. The molecular formula is C13H16N4O. The standard InChI is InChI=1S/C13H16N4O/c1-14-13(18)15-9-12-7-8-17(16-12)10-11-5-3-2-4-6-11/h2-8H,9-10H2,1H3,(H2,14,15,18). The summed E-state index contributed by atoms with van der Waals surface area (Å²) in [5, 5.41) is 9.58. The number of nitrogens with one attached hydrogen (secondary N) is 2. The SMILES string of the molecule is CNC(=O)NCc1ccn(Cc2ccccc2)n1. The van der Waals surface area contributed by atoms with Crippen LogP contribution in [-0.2, 0) is 13.1 Å². The van der Waals surface area contributed by atoms with Gasteiger partial charge in [0.05, 0.1) is 18.8 Å². The molecule has 0 fully saturated rings. The van der Waals surface area contributed by atoms with Crippen molar-refractivity contribution in [1.82, 2.24) is 20.4 Å². The second kappa shape index (κ2) is 5.86. The molecule has 1 aromatic carbocycles. The van der Waals surface area contributed by atoms with E-state index in [1.807, 2.05) is 35.1 Å². The number of rotatable bonds is 4. The van der Waals surface area contributed by atoms with E-state index < -0.39 is 0 Å². The van der Waals surface area contributed by atoms with Crippen molar-refractivity contribution >= 4 is 6.03 Å². The molecule has 0 unspecified atom stereocenters. The molecule has 2 N–H and O–H groups in total. The number of urea groups is 1. The van der Waals surface area contributed by atoms with Crippen LogP contribution in [0.15, 0.2) is 42.6 Å². The van der Waals surface area contributed by atoms with E-state index in [4.69, 9.17) is 0 Å². The molecule has 2 aromatic rings. The molecule has 5 heteroatoms. The highest BCUT2D eigenvalue weighted by molar-refractivity contribution is 5.73. The molecule has 0 spiro atoms. The summed E-state index contributed by atoms with van der Waals surface area (Å²) in [6.45, 7) is 1.17. The topological polar surface area (TPSA) is 59.0 Å². The molecule has 0 radical (unpaired) electrons. The van der Waals surface area contributed by atoms with E-state index in [9.17, 15) is 4.79 Å². The number of aromatic nitrogens is 2. The van der Waals surface area contributed by atoms with E-state index in [1.54, 1.807) is 7.05 Å². The van der Waals surface area contributed by atoms with Crippen LogP contribution >= 0.6 is 0 Å². The van der Waals surface area contributed by atoms with Crippen LogP contribution in [0.3, 0.4) is 0 Å². The number of nitrogens with zero attached hydrogens (tertiary/aromatic N) is 2. The third-order valence-electron chi connectivity index (χ3n) is 2.54. The van der Waals surface area contributed by atoms with E-state index in [0.717, 1.165) is 12.2 Å². The number of hydrogen-bond acceptors (Lipinski definition) is 2. The van der Waals surface area contributed by atoms with Gasteiger partial charge in [0, 0.05) is 13.2 Å². The van der Waals surface area contributed by atoms with Gasteiger partial charge in [-0.05, 0) is 11.6 Å². The molecule has 1 aromatic heterocycles. The third kappa shape index (κ3) is 3.35. The Morgan fingerprint density at radius 1 is 1.28 bits per heavy atom. The Kier molecular flexibility index (Phi) is 3.96. The van der Waals surface area contributed by atoms with Crippen LogP contribution in [0.5, 0.6) is 0 Å². The van der Waals surface area contributed by atoms with Crippen LogP contribution in [0.1, 0.15) is 11.3 Å². The van der Waals surface area contributed by atoms with Crippen molar-refractivity contribution in [3.63, 3.8) is 0 Å². The second-order valence-electron chi connectivity index (χ2n) is 3.92. The van der Waals surface area contributed by atoms with Crippen molar-refractivity contribution in [2.75, 3.05) is 7.05 Å². The molecular weight excluding hydrogens is 228 g/mol. The minimum Gasteiger partial charge on any atom is -0.341 e. The number of carbonyl (C=O) groups excluding carboxylic acids is 1. The van der Waals surface area contributed by atoms with Crippen molar-refractivity contribution < 1.29 is 4.79 Å². The fraction of sp³-hybridized carbons (Fsp3) is 0.231. The van der Waals surface area contributed by atoms with E-state index in [1.165, 1.54) is 5.56 Å². The van der Waals surface area contributed by atoms with Crippen LogP contribution in [0.2, 0.25) is 0 Å². The Morgan fingerprint density at radius 3 is 2.78 bits per heavy atom. The van der Waals surface area contributed by atoms with Crippen LogP contribution in [0.25, 0.3) is 0 Å². The highest BCUT2D eigenvalue weighted by Crippen LogP contribution is 2.03. The van der Waals surface area contributed by atoms with Crippen molar-refractivity contribution in [2.45, 2.75) is 13.1 Å². The maximum atomic E-state index is 11.0. The summed E-state index contributed by atoms with van der Waals surface area (Å²) in [4.78, 5) is 11.0. The maximum absolute atomic E-state index is 11.0. The first-order chi connectivity index (χ1) is 8.78. The van der Waals surface area contributed by atoms with E-state index in [2.05, 4.69) is 27.9 Å².